The molecule has 156 valence electrons. The number of benzene rings is 1. The van der Waals surface area contributed by atoms with Crippen molar-refractivity contribution in [3.63, 3.8) is 0 Å². The van der Waals surface area contributed by atoms with Crippen molar-refractivity contribution in [3.8, 4) is 0 Å². The first-order valence-electron chi connectivity index (χ1n) is 11.8. The maximum absolute atomic E-state index is 12.7. The van der Waals surface area contributed by atoms with E-state index in [4.69, 9.17) is 0 Å². The Hall–Kier alpha value is -1.57. The number of rotatable bonds is 2. The highest BCUT2D eigenvalue weighted by Crippen LogP contribution is 2.65. The largest absolute Gasteiger partial charge is 0.338 e. The molecule has 1 amide bonds. The van der Waals surface area contributed by atoms with Crippen molar-refractivity contribution in [2.75, 3.05) is 7.05 Å². The van der Waals surface area contributed by atoms with Crippen LogP contribution in [0.25, 0.3) is 0 Å². The lowest BCUT2D eigenvalue weighted by atomic mass is 9.46. The molecule has 0 N–H and O–H groups in total. The molecule has 0 unspecified atom stereocenters. The Morgan fingerprint density at radius 1 is 1.10 bits per heavy atom. The van der Waals surface area contributed by atoms with E-state index in [1.165, 1.54) is 49.7 Å². The summed E-state index contributed by atoms with van der Waals surface area (Å²) in [6.45, 7) is 7.30. The molecule has 7 atom stereocenters. The predicted molar refractivity (Wildman–Crippen MR) is 118 cm³/mol. The Bertz CT molecular complexity index is 843. The van der Waals surface area contributed by atoms with Crippen LogP contribution in [0.3, 0.4) is 0 Å². The van der Waals surface area contributed by atoms with Crippen molar-refractivity contribution >= 4 is 5.91 Å². The van der Waals surface area contributed by atoms with Gasteiger partial charge < -0.3 is 4.90 Å². The predicted octanol–water partition coefficient (Wildman–Crippen LogP) is 5.79. The Kier molecular flexibility index (Phi) is 4.50. The second-order valence-corrected chi connectivity index (χ2v) is 11.2. The topological polar surface area (TPSA) is 20.3 Å². The molecule has 0 saturated heterocycles. The van der Waals surface area contributed by atoms with Crippen LogP contribution < -0.4 is 0 Å². The highest BCUT2D eigenvalue weighted by atomic mass is 16.2. The van der Waals surface area contributed by atoms with E-state index >= 15 is 0 Å². The molecule has 3 saturated carbocycles. The fraction of sp³-hybridized carbons (Fsp3) is 0.667. The lowest BCUT2D eigenvalue weighted by Crippen LogP contribution is -2.63. The van der Waals surface area contributed by atoms with Gasteiger partial charge in [-0.05, 0) is 91.7 Å². The summed E-state index contributed by atoms with van der Waals surface area (Å²) in [5.74, 6) is 3.17. The van der Waals surface area contributed by atoms with E-state index in [1.807, 2.05) is 6.08 Å². The number of likely N-dealkylation sites (N-methyl/N-ethyl adjacent to an activating group) is 1. The molecular weight excluding hydrogens is 354 g/mol. The Morgan fingerprint density at radius 3 is 2.69 bits per heavy atom. The fourth-order valence-corrected chi connectivity index (χ4v) is 8.36. The summed E-state index contributed by atoms with van der Waals surface area (Å²) >= 11 is 0. The van der Waals surface area contributed by atoms with E-state index in [-0.39, 0.29) is 11.3 Å². The van der Waals surface area contributed by atoms with Gasteiger partial charge in [0.2, 0.25) is 5.91 Å². The standard InChI is InChI=1S/C27H37NO/c1-18-8-5-6-9-19(18)16-20-17-21-22-10-7-13-26(22,2)14-11-23(21)27(3)15-12-24(29)28(4)25(20)27/h5-6,8-9,12,15,20-23,25H,7,10-11,13-14,16-17H2,1-4H3/t20-,21+,22+,23+,25-,26+,27-/m1/s1. The molecule has 2 nitrogen and oxygen atoms in total. The fourth-order valence-electron chi connectivity index (χ4n) is 8.36. The van der Waals surface area contributed by atoms with Gasteiger partial charge in [0.1, 0.15) is 0 Å². The number of aryl methyl sites for hydroxylation is 1. The molecule has 29 heavy (non-hydrogen) atoms. The number of amides is 1. The minimum atomic E-state index is 0.114. The zero-order chi connectivity index (χ0) is 20.4. The van der Waals surface area contributed by atoms with E-state index in [2.05, 4.69) is 63.1 Å². The third kappa shape index (κ3) is 2.85. The average Bonchev–Trinajstić information content (AvgIpc) is 3.09. The first kappa shape index (κ1) is 19.4. The lowest BCUT2D eigenvalue weighted by molar-refractivity contribution is -0.144. The van der Waals surface area contributed by atoms with Crippen LogP contribution in [0.2, 0.25) is 0 Å². The van der Waals surface area contributed by atoms with Crippen molar-refractivity contribution in [1.29, 1.82) is 0 Å². The smallest absolute Gasteiger partial charge is 0.246 e. The molecule has 2 heteroatoms. The molecule has 1 aromatic carbocycles. The molecule has 0 spiro atoms. The second-order valence-electron chi connectivity index (χ2n) is 11.2. The summed E-state index contributed by atoms with van der Waals surface area (Å²) in [6.07, 6.45) is 13.6. The molecule has 1 heterocycles. The summed E-state index contributed by atoms with van der Waals surface area (Å²) < 4.78 is 0. The molecule has 5 rings (SSSR count). The molecular formula is C27H37NO. The van der Waals surface area contributed by atoms with Gasteiger partial charge in [0.05, 0.1) is 0 Å². The van der Waals surface area contributed by atoms with E-state index in [1.54, 1.807) is 0 Å². The van der Waals surface area contributed by atoms with Crippen LogP contribution in [0.1, 0.15) is 63.5 Å². The van der Waals surface area contributed by atoms with Crippen LogP contribution in [0.4, 0.5) is 0 Å². The Balaban J connectivity index is 1.56. The number of hydrogen-bond acceptors (Lipinski definition) is 1. The molecule has 1 aliphatic heterocycles. The number of fused-ring (bicyclic) bond motifs is 5. The minimum absolute atomic E-state index is 0.114. The molecule has 0 radical (unpaired) electrons. The van der Waals surface area contributed by atoms with Gasteiger partial charge in [0.25, 0.3) is 0 Å². The van der Waals surface area contributed by atoms with Crippen molar-refractivity contribution in [2.24, 2.45) is 34.5 Å². The van der Waals surface area contributed by atoms with Crippen LogP contribution in [0.5, 0.6) is 0 Å². The quantitative estimate of drug-likeness (QED) is 0.624. The van der Waals surface area contributed by atoms with E-state index in [9.17, 15) is 4.79 Å². The van der Waals surface area contributed by atoms with E-state index in [0.717, 1.165) is 24.2 Å². The van der Waals surface area contributed by atoms with Gasteiger partial charge in [-0.1, -0.05) is 50.6 Å². The third-order valence-corrected chi connectivity index (χ3v) is 9.77. The zero-order valence-electron chi connectivity index (χ0n) is 18.7. The molecule has 0 bridgehead atoms. The average molecular weight is 392 g/mol. The number of hydrogen-bond donors (Lipinski definition) is 0. The highest BCUT2D eigenvalue weighted by Gasteiger charge is 2.60. The Morgan fingerprint density at radius 2 is 1.90 bits per heavy atom. The maximum atomic E-state index is 12.7. The molecule has 1 aromatic rings. The van der Waals surface area contributed by atoms with E-state index < -0.39 is 0 Å². The maximum Gasteiger partial charge on any atom is 0.246 e. The van der Waals surface area contributed by atoms with Gasteiger partial charge in [-0.2, -0.15) is 0 Å². The summed E-state index contributed by atoms with van der Waals surface area (Å²) in [5, 5.41) is 0. The first-order valence-corrected chi connectivity index (χ1v) is 11.8. The van der Waals surface area contributed by atoms with Crippen LogP contribution in [0, 0.1) is 41.4 Å². The van der Waals surface area contributed by atoms with Crippen molar-refractivity contribution in [2.45, 2.75) is 71.8 Å². The monoisotopic (exact) mass is 391 g/mol. The highest BCUT2D eigenvalue weighted by molar-refractivity contribution is 5.89. The molecule has 3 aliphatic carbocycles. The molecule has 4 aliphatic rings. The van der Waals surface area contributed by atoms with Gasteiger partial charge in [-0.3, -0.25) is 4.79 Å². The van der Waals surface area contributed by atoms with Gasteiger partial charge in [0.15, 0.2) is 0 Å². The lowest BCUT2D eigenvalue weighted by Gasteiger charge is -2.62. The summed E-state index contributed by atoms with van der Waals surface area (Å²) in [6, 6.07) is 9.19. The first-order chi connectivity index (χ1) is 13.8. The van der Waals surface area contributed by atoms with Gasteiger partial charge in [0, 0.05) is 18.5 Å². The normalized spacial score (nSPS) is 43.7. The zero-order valence-corrected chi connectivity index (χ0v) is 18.7. The molecule has 0 aromatic heterocycles. The van der Waals surface area contributed by atoms with Crippen LogP contribution >= 0.6 is 0 Å². The van der Waals surface area contributed by atoms with Crippen LogP contribution in [-0.2, 0) is 11.2 Å². The second kappa shape index (κ2) is 6.72. The summed E-state index contributed by atoms with van der Waals surface area (Å²) in [4.78, 5) is 14.8. The summed E-state index contributed by atoms with van der Waals surface area (Å²) in [5.41, 5.74) is 3.55. The van der Waals surface area contributed by atoms with Crippen molar-refractivity contribution in [1.82, 2.24) is 4.90 Å². The van der Waals surface area contributed by atoms with Crippen molar-refractivity contribution < 1.29 is 4.79 Å². The van der Waals surface area contributed by atoms with Crippen LogP contribution in [-0.4, -0.2) is 23.9 Å². The minimum Gasteiger partial charge on any atom is -0.338 e. The Labute approximate surface area is 176 Å². The molecule has 3 fully saturated rings. The number of nitrogens with zero attached hydrogens (tertiary/aromatic N) is 1. The van der Waals surface area contributed by atoms with E-state index in [0.29, 0.717) is 17.4 Å². The number of carbonyl (C=O) groups excluding carboxylic acids is 1. The number of carbonyl (C=O) groups is 1. The van der Waals surface area contributed by atoms with Gasteiger partial charge in [-0.15, -0.1) is 0 Å². The summed E-state index contributed by atoms with van der Waals surface area (Å²) in [7, 11) is 2.06. The third-order valence-electron chi connectivity index (χ3n) is 9.77. The van der Waals surface area contributed by atoms with Gasteiger partial charge >= 0.3 is 0 Å². The van der Waals surface area contributed by atoms with Crippen LogP contribution in [0.15, 0.2) is 36.4 Å². The van der Waals surface area contributed by atoms with Crippen molar-refractivity contribution in [3.05, 3.63) is 47.5 Å². The van der Waals surface area contributed by atoms with Gasteiger partial charge in [-0.25, -0.2) is 0 Å². The SMILES string of the molecule is Cc1ccccc1C[C@@H]1C[C@H]2[C@@H]3CCC[C@@]3(C)CC[C@@H]2[C@@]2(C)C=CC(=O)N(C)[C@H]12.